The number of ether oxygens (including phenoxy) is 1. The summed E-state index contributed by atoms with van der Waals surface area (Å²) in [6.45, 7) is 1.32. The molecule has 1 fully saturated rings. The van der Waals surface area contributed by atoms with Gasteiger partial charge >= 0.3 is 6.03 Å². The lowest BCUT2D eigenvalue weighted by molar-refractivity contribution is 0.0911. The molecule has 3 rings (SSSR count). The summed E-state index contributed by atoms with van der Waals surface area (Å²) < 4.78 is 7.44. The maximum Gasteiger partial charge on any atom is 0.320 e. The van der Waals surface area contributed by atoms with Crippen molar-refractivity contribution in [2.45, 2.75) is 12.5 Å². The Balaban J connectivity index is 1.54. The lowest BCUT2D eigenvalue weighted by Crippen LogP contribution is -2.34. The quantitative estimate of drug-likeness (QED) is 0.910. The van der Waals surface area contributed by atoms with E-state index in [0.717, 1.165) is 13.0 Å². The molecule has 0 bridgehead atoms. The summed E-state index contributed by atoms with van der Waals surface area (Å²) in [7, 11) is 1.78. The fourth-order valence-electron chi connectivity index (χ4n) is 2.73. The fourth-order valence-corrected chi connectivity index (χ4v) is 2.73. The van der Waals surface area contributed by atoms with Crippen molar-refractivity contribution in [1.82, 2.24) is 15.1 Å². The Labute approximate surface area is 129 Å². The third-order valence-corrected chi connectivity index (χ3v) is 3.93. The molecule has 0 saturated carbocycles. The maximum atomic E-state index is 12.0. The van der Waals surface area contributed by atoms with Gasteiger partial charge in [-0.2, -0.15) is 5.10 Å². The molecule has 2 amide bonds. The largest absolute Gasteiger partial charge is 0.373 e. The summed E-state index contributed by atoms with van der Waals surface area (Å²) in [6.07, 6.45) is 2.65. The highest BCUT2D eigenvalue weighted by molar-refractivity contribution is 5.88. The molecule has 0 unspecified atom stereocenters. The van der Waals surface area contributed by atoms with Gasteiger partial charge in [-0.25, -0.2) is 4.79 Å². The molecular weight excluding hydrogens is 280 g/mol. The second kappa shape index (κ2) is 6.62. The summed E-state index contributed by atoms with van der Waals surface area (Å²) in [5.41, 5.74) is 1.17. The number of rotatable bonds is 4. The van der Waals surface area contributed by atoms with E-state index in [-0.39, 0.29) is 12.1 Å². The average molecular weight is 300 g/mol. The van der Waals surface area contributed by atoms with Crippen LogP contribution in [-0.4, -0.2) is 29.0 Å². The number of anilines is 1. The van der Waals surface area contributed by atoms with Crippen LogP contribution in [0.2, 0.25) is 0 Å². The Hall–Kier alpha value is -2.34. The minimum Gasteiger partial charge on any atom is -0.373 e. The lowest BCUT2D eigenvalue weighted by Gasteiger charge is -2.19. The molecule has 2 aromatic rings. The van der Waals surface area contributed by atoms with Crippen LogP contribution in [0.3, 0.4) is 0 Å². The number of urea groups is 1. The minimum absolute atomic E-state index is 0.0539. The van der Waals surface area contributed by atoms with E-state index in [9.17, 15) is 4.79 Å². The van der Waals surface area contributed by atoms with Crippen LogP contribution in [0, 0.1) is 5.92 Å². The molecule has 6 nitrogen and oxygen atoms in total. The molecule has 1 aliphatic rings. The van der Waals surface area contributed by atoms with Gasteiger partial charge < -0.3 is 10.1 Å². The first kappa shape index (κ1) is 14.6. The highest BCUT2D eigenvalue weighted by Gasteiger charge is 2.29. The summed E-state index contributed by atoms with van der Waals surface area (Å²) in [5.74, 6) is 0.958. The average Bonchev–Trinajstić information content (AvgIpc) is 3.16. The van der Waals surface area contributed by atoms with Gasteiger partial charge in [0.15, 0.2) is 0 Å². The number of carbonyl (C=O) groups excluding carboxylic acids is 1. The van der Waals surface area contributed by atoms with Crippen LogP contribution in [0.4, 0.5) is 10.6 Å². The van der Waals surface area contributed by atoms with Gasteiger partial charge in [0, 0.05) is 32.2 Å². The van der Waals surface area contributed by atoms with E-state index in [0.29, 0.717) is 18.3 Å². The molecule has 0 spiro atoms. The van der Waals surface area contributed by atoms with E-state index in [1.54, 1.807) is 24.0 Å². The number of nitrogens with zero attached hydrogens (tertiary/aromatic N) is 2. The molecular formula is C16H20N4O2. The van der Waals surface area contributed by atoms with Crippen molar-refractivity contribution in [2.75, 3.05) is 18.5 Å². The third-order valence-electron chi connectivity index (χ3n) is 3.93. The van der Waals surface area contributed by atoms with Crippen LogP contribution in [0.25, 0.3) is 0 Å². The summed E-state index contributed by atoms with van der Waals surface area (Å²) in [6, 6.07) is 11.7. The Bertz CT molecular complexity index is 626. The molecule has 1 saturated heterocycles. The van der Waals surface area contributed by atoms with Crippen LogP contribution in [0.1, 0.15) is 18.1 Å². The normalized spacial score (nSPS) is 20.8. The first-order valence-corrected chi connectivity index (χ1v) is 7.43. The number of hydrogen-bond acceptors (Lipinski definition) is 3. The van der Waals surface area contributed by atoms with Gasteiger partial charge in [0.05, 0.1) is 12.3 Å². The van der Waals surface area contributed by atoms with Crippen molar-refractivity contribution in [3.05, 3.63) is 48.2 Å². The zero-order valence-corrected chi connectivity index (χ0v) is 12.5. The number of nitrogens with one attached hydrogen (secondary N) is 2. The third kappa shape index (κ3) is 3.28. The number of aromatic nitrogens is 2. The van der Waals surface area contributed by atoms with Crippen LogP contribution in [-0.2, 0) is 11.8 Å². The maximum absolute atomic E-state index is 12.0. The molecule has 1 aromatic carbocycles. The molecule has 2 atom stereocenters. The van der Waals surface area contributed by atoms with Crippen molar-refractivity contribution >= 4 is 11.8 Å². The number of hydrogen-bond donors (Lipinski definition) is 2. The van der Waals surface area contributed by atoms with Gasteiger partial charge in [-0.1, -0.05) is 30.3 Å². The van der Waals surface area contributed by atoms with E-state index in [1.807, 2.05) is 18.2 Å². The van der Waals surface area contributed by atoms with E-state index in [4.69, 9.17) is 4.74 Å². The van der Waals surface area contributed by atoms with Gasteiger partial charge in [0.1, 0.15) is 5.82 Å². The van der Waals surface area contributed by atoms with Gasteiger partial charge in [-0.3, -0.25) is 10.00 Å². The molecule has 0 radical (unpaired) electrons. The van der Waals surface area contributed by atoms with Crippen LogP contribution in [0.5, 0.6) is 0 Å². The predicted molar refractivity (Wildman–Crippen MR) is 83.5 cm³/mol. The molecule has 1 aromatic heterocycles. The highest BCUT2D eigenvalue weighted by Crippen LogP contribution is 2.33. The second-order valence-electron chi connectivity index (χ2n) is 5.43. The summed E-state index contributed by atoms with van der Waals surface area (Å²) in [4.78, 5) is 12.0. The van der Waals surface area contributed by atoms with Crippen LogP contribution in [0.15, 0.2) is 42.6 Å². The monoisotopic (exact) mass is 300 g/mol. The molecule has 2 heterocycles. The fraction of sp³-hybridized carbons (Fsp3) is 0.375. The molecule has 6 heteroatoms. The van der Waals surface area contributed by atoms with Crippen molar-refractivity contribution in [3.8, 4) is 0 Å². The van der Waals surface area contributed by atoms with E-state index < -0.39 is 0 Å². The molecule has 116 valence electrons. The lowest BCUT2D eigenvalue weighted by atomic mass is 9.95. The molecule has 0 aliphatic carbocycles. The van der Waals surface area contributed by atoms with Crippen molar-refractivity contribution in [2.24, 2.45) is 13.0 Å². The SMILES string of the molecule is Cn1nccc1NC(=O)NC[C@H]1CCO[C@@H]1c1ccccc1. The smallest absolute Gasteiger partial charge is 0.320 e. The second-order valence-corrected chi connectivity index (χ2v) is 5.43. The zero-order chi connectivity index (χ0) is 15.4. The van der Waals surface area contributed by atoms with Crippen LogP contribution < -0.4 is 10.6 Å². The number of carbonyl (C=O) groups is 1. The zero-order valence-electron chi connectivity index (χ0n) is 12.5. The first-order valence-electron chi connectivity index (χ1n) is 7.43. The molecule has 2 N–H and O–H groups in total. The van der Waals surface area contributed by atoms with E-state index >= 15 is 0 Å². The van der Waals surface area contributed by atoms with Gasteiger partial charge in [0.2, 0.25) is 0 Å². The van der Waals surface area contributed by atoms with E-state index in [2.05, 4.69) is 27.9 Å². The van der Waals surface area contributed by atoms with Crippen LogP contribution >= 0.6 is 0 Å². The number of amides is 2. The first-order chi connectivity index (χ1) is 10.7. The number of benzene rings is 1. The highest BCUT2D eigenvalue weighted by atomic mass is 16.5. The Morgan fingerprint density at radius 2 is 2.18 bits per heavy atom. The summed E-state index contributed by atoms with van der Waals surface area (Å²) in [5, 5.41) is 9.71. The van der Waals surface area contributed by atoms with Gasteiger partial charge in [0.25, 0.3) is 0 Å². The number of aryl methyl sites for hydroxylation is 1. The Morgan fingerprint density at radius 3 is 2.91 bits per heavy atom. The van der Waals surface area contributed by atoms with Gasteiger partial charge in [-0.15, -0.1) is 0 Å². The summed E-state index contributed by atoms with van der Waals surface area (Å²) >= 11 is 0. The Morgan fingerprint density at radius 1 is 1.36 bits per heavy atom. The minimum atomic E-state index is -0.220. The predicted octanol–water partition coefficient (Wildman–Crippen LogP) is 2.32. The van der Waals surface area contributed by atoms with E-state index in [1.165, 1.54) is 5.56 Å². The van der Waals surface area contributed by atoms with Crippen molar-refractivity contribution in [3.63, 3.8) is 0 Å². The van der Waals surface area contributed by atoms with Crippen molar-refractivity contribution in [1.29, 1.82) is 0 Å². The topological polar surface area (TPSA) is 68.2 Å². The Kier molecular flexibility index (Phi) is 4.39. The molecule has 1 aliphatic heterocycles. The van der Waals surface area contributed by atoms with Gasteiger partial charge in [-0.05, 0) is 12.0 Å². The molecule has 22 heavy (non-hydrogen) atoms. The standard InChI is InChI=1S/C16H20N4O2/c1-20-14(7-9-18-20)19-16(21)17-11-13-8-10-22-15(13)12-5-3-2-4-6-12/h2-7,9,13,15H,8,10-11H2,1H3,(H2,17,19,21)/t13-,15-/m1/s1. The van der Waals surface area contributed by atoms with Crippen molar-refractivity contribution < 1.29 is 9.53 Å².